The van der Waals surface area contributed by atoms with Crippen LogP contribution in [0.1, 0.15) is 16.1 Å². The molecule has 0 aliphatic carbocycles. The Morgan fingerprint density at radius 3 is 2.50 bits per heavy atom. The van der Waals surface area contributed by atoms with E-state index in [9.17, 15) is 4.79 Å². The number of fused-ring (bicyclic) bond motifs is 1. The van der Waals surface area contributed by atoms with Crippen LogP contribution in [0.3, 0.4) is 0 Å². The van der Waals surface area contributed by atoms with Crippen LogP contribution in [0.4, 0.5) is 5.69 Å². The van der Waals surface area contributed by atoms with Crippen molar-refractivity contribution >= 4 is 22.5 Å². The number of piperazine rings is 1. The van der Waals surface area contributed by atoms with Crippen molar-refractivity contribution in [1.82, 2.24) is 9.47 Å². The van der Waals surface area contributed by atoms with Crippen LogP contribution >= 0.6 is 0 Å². The summed E-state index contributed by atoms with van der Waals surface area (Å²) in [5, 5.41) is 1.16. The Balaban J connectivity index is 1.44. The number of nitrogens with zero attached hydrogens (tertiary/aromatic N) is 3. The number of ether oxygens (including phenoxy) is 1. The number of anilines is 1. The predicted octanol–water partition coefficient (Wildman–Crippen LogP) is 3.73. The van der Waals surface area contributed by atoms with Gasteiger partial charge in [0, 0.05) is 49.0 Å². The van der Waals surface area contributed by atoms with Gasteiger partial charge in [0.1, 0.15) is 5.75 Å². The lowest BCUT2D eigenvalue weighted by atomic mass is 10.2. The van der Waals surface area contributed by atoms with Gasteiger partial charge < -0.3 is 9.64 Å². The number of hydrogen-bond acceptors (Lipinski definition) is 4. The Labute approximate surface area is 166 Å². The van der Waals surface area contributed by atoms with E-state index in [-0.39, 0.29) is 5.91 Å². The molecule has 1 aliphatic rings. The molecule has 146 valence electrons. The van der Waals surface area contributed by atoms with Crippen LogP contribution in [-0.4, -0.2) is 55.2 Å². The first-order valence-electron chi connectivity index (χ1n) is 9.79. The van der Waals surface area contributed by atoms with Gasteiger partial charge in [-0.15, -0.1) is 0 Å². The minimum absolute atomic E-state index is 0.150. The molecular weight excluding hydrogens is 350 g/mol. The number of para-hydroxylation sites is 1. The zero-order valence-corrected chi connectivity index (χ0v) is 16.8. The maximum absolute atomic E-state index is 13.1. The fourth-order valence-corrected chi connectivity index (χ4v) is 4.08. The third kappa shape index (κ3) is 3.38. The molecule has 0 atom stereocenters. The molecule has 0 bridgehead atoms. The van der Waals surface area contributed by atoms with Gasteiger partial charge in [-0.1, -0.05) is 24.3 Å². The number of rotatable bonds is 4. The molecule has 0 spiro atoms. The number of methoxy groups -OCH3 is 1. The first-order chi connectivity index (χ1) is 13.6. The first-order valence-corrected chi connectivity index (χ1v) is 9.79. The maximum atomic E-state index is 13.1. The van der Waals surface area contributed by atoms with Gasteiger partial charge in [-0.25, -0.2) is 0 Å². The third-order valence-electron chi connectivity index (χ3n) is 5.83. The Hall–Kier alpha value is -2.79. The van der Waals surface area contributed by atoms with Crippen molar-refractivity contribution in [3.8, 4) is 5.75 Å². The van der Waals surface area contributed by atoms with E-state index in [1.807, 2.05) is 41.8 Å². The van der Waals surface area contributed by atoms with E-state index in [1.165, 1.54) is 11.3 Å². The van der Waals surface area contributed by atoms with Crippen molar-refractivity contribution in [2.45, 2.75) is 13.8 Å². The molecule has 5 nitrogen and oxygen atoms in total. The zero-order chi connectivity index (χ0) is 19.7. The van der Waals surface area contributed by atoms with E-state index >= 15 is 0 Å². The van der Waals surface area contributed by atoms with Crippen LogP contribution in [-0.2, 0) is 0 Å². The number of aryl methyl sites for hydroxylation is 1. The lowest BCUT2D eigenvalue weighted by Crippen LogP contribution is -2.48. The van der Waals surface area contributed by atoms with Gasteiger partial charge >= 0.3 is 0 Å². The highest BCUT2D eigenvalue weighted by Crippen LogP contribution is 2.25. The monoisotopic (exact) mass is 377 g/mol. The molecule has 0 saturated carbocycles. The zero-order valence-electron chi connectivity index (χ0n) is 16.8. The summed E-state index contributed by atoms with van der Waals surface area (Å²) in [7, 11) is 1.69. The van der Waals surface area contributed by atoms with E-state index < -0.39 is 0 Å². The molecule has 0 N–H and O–H groups in total. The molecule has 4 rings (SSSR count). The maximum Gasteiger partial charge on any atom is 0.245 e. The highest BCUT2D eigenvalue weighted by atomic mass is 16.5. The van der Waals surface area contributed by atoms with Gasteiger partial charge in [-0.3, -0.25) is 14.3 Å². The molecule has 2 heterocycles. The van der Waals surface area contributed by atoms with Gasteiger partial charge in [0.25, 0.3) is 0 Å². The third-order valence-corrected chi connectivity index (χ3v) is 5.83. The number of benzene rings is 2. The number of hydrogen-bond donors (Lipinski definition) is 0. The largest absolute Gasteiger partial charge is 0.497 e. The fourth-order valence-electron chi connectivity index (χ4n) is 4.08. The molecule has 1 aromatic heterocycles. The van der Waals surface area contributed by atoms with Crippen LogP contribution in [0, 0.1) is 13.8 Å². The molecule has 28 heavy (non-hydrogen) atoms. The minimum Gasteiger partial charge on any atom is -0.497 e. The van der Waals surface area contributed by atoms with Crippen molar-refractivity contribution in [3.05, 3.63) is 59.8 Å². The van der Waals surface area contributed by atoms with Gasteiger partial charge in [0.05, 0.1) is 19.2 Å². The molecule has 5 heteroatoms. The molecule has 0 radical (unpaired) electrons. The standard InChI is InChI=1S/C23H27N3O2/c1-17-18(2)26(22-10-5-4-9-21(17)22)23(27)16-24-11-13-25(14-12-24)19-7-6-8-20(15-19)28-3/h4-10,15H,11-14,16H2,1-3H3. The molecular formula is C23H27N3O2. The Morgan fingerprint density at radius 2 is 1.75 bits per heavy atom. The smallest absolute Gasteiger partial charge is 0.245 e. The summed E-state index contributed by atoms with van der Waals surface area (Å²) in [6.45, 7) is 8.14. The summed E-state index contributed by atoms with van der Waals surface area (Å²) in [6.07, 6.45) is 0. The lowest BCUT2D eigenvalue weighted by molar-refractivity contribution is 0.0847. The summed E-state index contributed by atoms with van der Waals surface area (Å²) in [5.41, 5.74) is 4.42. The minimum atomic E-state index is 0.150. The highest BCUT2D eigenvalue weighted by Gasteiger charge is 2.22. The summed E-state index contributed by atoms with van der Waals surface area (Å²) in [5.74, 6) is 1.03. The highest BCUT2D eigenvalue weighted by molar-refractivity contribution is 5.96. The van der Waals surface area contributed by atoms with Gasteiger partial charge in [0.15, 0.2) is 0 Å². The topological polar surface area (TPSA) is 37.7 Å². The van der Waals surface area contributed by atoms with Crippen molar-refractivity contribution in [3.63, 3.8) is 0 Å². The molecule has 1 fully saturated rings. The number of carbonyl (C=O) groups is 1. The van der Waals surface area contributed by atoms with Crippen LogP contribution in [0.5, 0.6) is 5.75 Å². The summed E-state index contributed by atoms with van der Waals surface area (Å²) in [6, 6.07) is 16.3. The van der Waals surface area contributed by atoms with Crippen molar-refractivity contribution in [1.29, 1.82) is 0 Å². The van der Waals surface area contributed by atoms with Gasteiger partial charge in [-0.05, 0) is 37.6 Å². The number of carbonyl (C=O) groups excluding carboxylic acids is 1. The fraction of sp³-hybridized carbons (Fsp3) is 0.348. The van der Waals surface area contributed by atoms with Crippen molar-refractivity contribution in [2.75, 3.05) is 44.7 Å². The molecule has 0 amide bonds. The number of aromatic nitrogens is 1. The SMILES string of the molecule is COc1cccc(N2CCN(CC(=O)n3c(C)c(C)c4ccccc43)CC2)c1. The van der Waals surface area contributed by atoms with Crippen LogP contribution in [0.2, 0.25) is 0 Å². The summed E-state index contributed by atoms with van der Waals surface area (Å²) >= 11 is 0. The van der Waals surface area contributed by atoms with Crippen LogP contribution < -0.4 is 9.64 Å². The molecule has 0 unspecified atom stereocenters. The normalized spacial score (nSPS) is 15.2. The summed E-state index contributed by atoms with van der Waals surface area (Å²) in [4.78, 5) is 17.7. The van der Waals surface area contributed by atoms with E-state index in [4.69, 9.17) is 4.74 Å². The van der Waals surface area contributed by atoms with Crippen molar-refractivity contribution in [2.24, 2.45) is 0 Å². The van der Waals surface area contributed by atoms with E-state index in [0.717, 1.165) is 48.5 Å². The average molecular weight is 377 g/mol. The predicted molar refractivity (Wildman–Crippen MR) is 114 cm³/mol. The second kappa shape index (κ2) is 7.68. The quantitative estimate of drug-likeness (QED) is 0.694. The van der Waals surface area contributed by atoms with E-state index in [0.29, 0.717) is 6.54 Å². The van der Waals surface area contributed by atoms with Crippen molar-refractivity contribution < 1.29 is 9.53 Å². The van der Waals surface area contributed by atoms with Crippen LogP contribution in [0.25, 0.3) is 10.9 Å². The van der Waals surface area contributed by atoms with E-state index in [2.05, 4.69) is 34.9 Å². The molecule has 2 aromatic carbocycles. The first kappa shape index (κ1) is 18.6. The lowest BCUT2D eigenvalue weighted by Gasteiger charge is -2.35. The molecule has 1 aliphatic heterocycles. The average Bonchev–Trinajstić information content (AvgIpc) is 2.99. The Morgan fingerprint density at radius 1 is 1.00 bits per heavy atom. The Bertz CT molecular complexity index is 1000. The molecule has 3 aromatic rings. The summed E-state index contributed by atoms with van der Waals surface area (Å²) < 4.78 is 7.22. The molecule has 1 saturated heterocycles. The van der Waals surface area contributed by atoms with Gasteiger partial charge in [-0.2, -0.15) is 0 Å². The van der Waals surface area contributed by atoms with Crippen LogP contribution in [0.15, 0.2) is 48.5 Å². The van der Waals surface area contributed by atoms with E-state index in [1.54, 1.807) is 7.11 Å². The Kier molecular flexibility index (Phi) is 5.09. The second-order valence-electron chi connectivity index (χ2n) is 7.42. The van der Waals surface area contributed by atoms with Gasteiger partial charge in [0.2, 0.25) is 5.91 Å². The second-order valence-corrected chi connectivity index (χ2v) is 7.42.